The van der Waals surface area contributed by atoms with Crippen LogP contribution in [0.1, 0.15) is 39.2 Å². The number of rotatable bonds is 1. The maximum Gasteiger partial charge on any atom is 0.311 e. The zero-order valence-electron chi connectivity index (χ0n) is 12.7. The molecule has 0 aromatic heterocycles. The van der Waals surface area contributed by atoms with Gasteiger partial charge in [-0.3, -0.25) is 9.59 Å². The fourth-order valence-electron chi connectivity index (χ4n) is 3.54. The van der Waals surface area contributed by atoms with E-state index in [1.165, 1.54) is 0 Å². The number of hydrogen-bond donors (Lipinski definition) is 0. The Morgan fingerprint density at radius 2 is 1.81 bits per heavy atom. The van der Waals surface area contributed by atoms with E-state index < -0.39 is 10.8 Å². The second-order valence-corrected chi connectivity index (χ2v) is 6.78. The van der Waals surface area contributed by atoms with Gasteiger partial charge in [-0.05, 0) is 39.2 Å². The van der Waals surface area contributed by atoms with E-state index in [2.05, 4.69) is 0 Å². The third-order valence-electron chi connectivity index (χ3n) is 4.82. The molecule has 3 nitrogen and oxygen atoms in total. The summed E-state index contributed by atoms with van der Waals surface area (Å²) in [6.45, 7) is 5.56. The number of esters is 1. The molecule has 1 saturated heterocycles. The molecule has 0 amide bonds. The molecule has 3 rings (SSSR count). The maximum atomic E-state index is 13.0. The first kappa shape index (κ1) is 14.1. The van der Waals surface area contributed by atoms with Crippen LogP contribution in [0.3, 0.4) is 0 Å². The third-order valence-corrected chi connectivity index (χ3v) is 4.82. The lowest BCUT2D eigenvalue weighted by molar-refractivity contribution is -0.183. The number of cyclic esters (lactones) is 1. The minimum atomic E-state index is -0.609. The van der Waals surface area contributed by atoms with Crippen molar-refractivity contribution in [1.82, 2.24) is 0 Å². The first-order valence-corrected chi connectivity index (χ1v) is 7.38. The van der Waals surface area contributed by atoms with Crippen molar-refractivity contribution in [3.05, 3.63) is 42.0 Å². The molecule has 1 aromatic carbocycles. The Morgan fingerprint density at radius 1 is 1.14 bits per heavy atom. The highest BCUT2D eigenvalue weighted by molar-refractivity contribution is 6.25. The van der Waals surface area contributed by atoms with E-state index in [0.717, 1.165) is 11.1 Å². The average Bonchev–Trinajstić information content (AvgIpc) is 2.76. The van der Waals surface area contributed by atoms with Gasteiger partial charge in [0.1, 0.15) is 6.10 Å². The van der Waals surface area contributed by atoms with Gasteiger partial charge >= 0.3 is 5.97 Å². The summed E-state index contributed by atoms with van der Waals surface area (Å²) < 4.78 is 5.50. The van der Waals surface area contributed by atoms with Crippen LogP contribution in [0, 0.1) is 10.8 Å². The number of Topliss-reactive ketones (excluding diaryl/α,β-unsaturated/α-hetero) is 1. The quantitative estimate of drug-likeness (QED) is 0.742. The van der Waals surface area contributed by atoms with E-state index in [4.69, 9.17) is 4.74 Å². The van der Waals surface area contributed by atoms with E-state index in [-0.39, 0.29) is 17.9 Å². The summed E-state index contributed by atoms with van der Waals surface area (Å²) in [7, 11) is 0. The number of allylic oxidation sites excluding steroid dienone is 2. The minimum Gasteiger partial charge on any atom is -0.461 e. The minimum absolute atomic E-state index is 0.113. The van der Waals surface area contributed by atoms with Crippen molar-refractivity contribution in [2.45, 2.75) is 39.7 Å². The van der Waals surface area contributed by atoms with Crippen LogP contribution in [0.15, 0.2) is 36.4 Å². The number of hydrogen-bond acceptors (Lipinski definition) is 3. The molecule has 0 saturated carbocycles. The molecule has 1 aliphatic heterocycles. The molecule has 0 unspecified atom stereocenters. The van der Waals surface area contributed by atoms with E-state index in [0.29, 0.717) is 12.8 Å². The standard InChI is InChI=1S/C18H20O3/c1-12-18(11-17(2,3)16(20)21-12)10-9-14(15(18)19)13-7-5-4-6-8-13/h4-9,12H,10-11H2,1-3H3/t12-,18+/m0/s1. The van der Waals surface area contributed by atoms with Crippen LogP contribution in [-0.4, -0.2) is 17.9 Å². The summed E-state index contributed by atoms with van der Waals surface area (Å²) in [5, 5.41) is 0. The fraction of sp³-hybridized carbons (Fsp3) is 0.444. The monoisotopic (exact) mass is 284 g/mol. The summed E-state index contributed by atoms with van der Waals surface area (Å²) in [5.41, 5.74) is 0.502. The Kier molecular flexibility index (Phi) is 3.05. The molecule has 110 valence electrons. The predicted molar refractivity (Wildman–Crippen MR) is 80.4 cm³/mol. The number of ketones is 1. The van der Waals surface area contributed by atoms with Crippen molar-refractivity contribution >= 4 is 17.3 Å². The zero-order chi connectivity index (χ0) is 15.3. The molecule has 1 fully saturated rings. The van der Waals surface area contributed by atoms with Gasteiger partial charge in [-0.1, -0.05) is 36.4 Å². The predicted octanol–water partition coefficient (Wildman–Crippen LogP) is 3.39. The molecule has 0 bridgehead atoms. The van der Waals surface area contributed by atoms with Crippen LogP contribution in [0.5, 0.6) is 0 Å². The third kappa shape index (κ3) is 2.03. The molecule has 2 atom stereocenters. The number of carbonyl (C=O) groups excluding carboxylic acids is 2. The van der Waals surface area contributed by atoms with Crippen LogP contribution in [0.25, 0.3) is 5.57 Å². The lowest BCUT2D eigenvalue weighted by atomic mass is 9.65. The SMILES string of the molecule is C[C@@H]1OC(=O)C(C)(C)C[C@]12CC=C(c1ccccc1)C2=O. The molecule has 1 aliphatic carbocycles. The van der Waals surface area contributed by atoms with Gasteiger partial charge in [-0.25, -0.2) is 0 Å². The van der Waals surface area contributed by atoms with E-state index in [1.54, 1.807) is 0 Å². The Bertz CT molecular complexity index is 627. The summed E-state index contributed by atoms with van der Waals surface area (Å²) in [6.07, 6.45) is 2.83. The Balaban J connectivity index is 1.96. The van der Waals surface area contributed by atoms with Crippen LogP contribution >= 0.6 is 0 Å². The smallest absolute Gasteiger partial charge is 0.311 e. The molecule has 1 spiro atoms. The first-order chi connectivity index (χ1) is 9.87. The molecular weight excluding hydrogens is 264 g/mol. The summed E-state index contributed by atoms with van der Waals surface area (Å²) >= 11 is 0. The van der Waals surface area contributed by atoms with Crippen molar-refractivity contribution < 1.29 is 14.3 Å². The molecule has 21 heavy (non-hydrogen) atoms. The topological polar surface area (TPSA) is 43.4 Å². The van der Waals surface area contributed by atoms with Crippen LogP contribution in [0.4, 0.5) is 0 Å². The lowest BCUT2D eigenvalue weighted by Crippen LogP contribution is -2.52. The van der Waals surface area contributed by atoms with Gasteiger partial charge in [0.2, 0.25) is 0 Å². The van der Waals surface area contributed by atoms with Gasteiger partial charge in [0.25, 0.3) is 0 Å². The highest BCUT2D eigenvalue weighted by atomic mass is 16.5. The summed E-state index contributed by atoms with van der Waals surface area (Å²) in [4.78, 5) is 25.0. The van der Waals surface area contributed by atoms with Crippen LogP contribution in [-0.2, 0) is 14.3 Å². The zero-order valence-corrected chi connectivity index (χ0v) is 12.7. The molecule has 2 aliphatic rings. The first-order valence-electron chi connectivity index (χ1n) is 7.38. The fourth-order valence-corrected chi connectivity index (χ4v) is 3.54. The Labute approximate surface area is 125 Å². The normalized spacial score (nSPS) is 31.2. The van der Waals surface area contributed by atoms with Crippen LogP contribution in [0.2, 0.25) is 0 Å². The van der Waals surface area contributed by atoms with Crippen molar-refractivity contribution in [2.24, 2.45) is 10.8 Å². The van der Waals surface area contributed by atoms with Crippen molar-refractivity contribution in [3.8, 4) is 0 Å². The highest BCUT2D eigenvalue weighted by Crippen LogP contribution is 2.52. The van der Waals surface area contributed by atoms with Gasteiger partial charge in [-0.2, -0.15) is 0 Å². The Hall–Kier alpha value is -1.90. The molecular formula is C18H20O3. The van der Waals surface area contributed by atoms with E-state index >= 15 is 0 Å². The van der Waals surface area contributed by atoms with Crippen molar-refractivity contribution in [3.63, 3.8) is 0 Å². The molecule has 0 radical (unpaired) electrons. The number of carbonyl (C=O) groups is 2. The van der Waals surface area contributed by atoms with Gasteiger partial charge in [0.05, 0.1) is 10.8 Å². The second kappa shape index (κ2) is 4.55. The van der Waals surface area contributed by atoms with Gasteiger partial charge in [-0.15, -0.1) is 0 Å². The second-order valence-electron chi connectivity index (χ2n) is 6.78. The maximum absolute atomic E-state index is 13.0. The van der Waals surface area contributed by atoms with E-state index in [1.807, 2.05) is 57.2 Å². The highest BCUT2D eigenvalue weighted by Gasteiger charge is 2.57. The van der Waals surface area contributed by atoms with Gasteiger partial charge in [0.15, 0.2) is 5.78 Å². The molecule has 3 heteroatoms. The number of benzene rings is 1. The molecule has 1 heterocycles. The van der Waals surface area contributed by atoms with Crippen LogP contribution < -0.4 is 0 Å². The average molecular weight is 284 g/mol. The largest absolute Gasteiger partial charge is 0.461 e. The molecule has 1 aromatic rings. The summed E-state index contributed by atoms with van der Waals surface area (Å²) in [5.74, 6) is -0.0941. The Morgan fingerprint density at radius 3 is 2.48 bits per heavy atom. The number of ether oxygens (including phenoxy) is 1. The van der Waals surface area contributed by atoms with Crippen molar-refractivity contribution in [1.29, 1.82) is 0 Å². The van der Waals surface area contributed by atoms with Gasteiger partial charge in [0, 0.05) is 5.57 Å². The summed E-state index contributed by atoms with van der Waals surface area (Å²) in [6, 6.07) is 9.71. The lowest BCUT2D eigenvalue weighted by Gasteiger charge is -2.44. The molecule has 0 N–H and O–H groups in total. The van der Waals surface area contributed by atoms with E-state index in [9.17, 15) is 9.59 Å². The van der Waals surface area contributed by atoms with Crippen molar-refractivity contribution in [2.75, 3.05) is 0 Å². The van der Waals surface area contributed by atoms with Gasteiger partial charge < -0.3 is 4.74 Å².